The summed E-state index contributed by atoms with van der Waals surface area (Å²) in [4.78, 5) is 19.8. The lowest BCUT2D eigenvalue weighted by Crippen LogP contribution is -2.06. The van der Waals surface area contributed by atoms with Gasteiger partial charge in [-0.1, -0.05) is 6.92 Å². The maximum Gasteiger partial charge on any atom is 0.183 e. The van der Waals surface area contributed by atoms with E-state index in [-0.39, 0.29) is 5.78 Å². The Morgan fingerprint density at radius 1 is 1.46 bits per heavy atom. The van der Waals surface area contributed by atoms with Gasteiger partial charge in [-0.3, -0.25) is 9.78 Å². The van der Waals surface area contributed by atoms with Gasteiger partial charge in [0.25, 0.3) is 0 Å². The molecule has 0 saturated carbocycles. The van der Waals surface area contributed by atoms with E-state index in [2.05, 4.69) is 9.97 Å². The van der Waals surface area contributed by atoms with Crippen LogP contribution in [0.1, 0.15) is 41.6 Å². The Morgan fingerprint density at radius 3 is 2.69 bits per heavy atom. The third-order valence-corrected chi connectivity index (χ3v) is 1.81. The van der Waals surface area contributed by atoms with Crippen LogP contribution in [-0.2, 0) is 0 Å². The minimum atomic E-state index is 0.0903. The zero-order chi connectivity index (χ0) is 9.84. The molecular formula is C10H14N2O. The zero-order valence-electron chi connectivity index (χ0n) is 8.29. The van der Waals surface area contributed by atoms with Crippen LogP contribution >= 0.6 is 0 Å². The molecule has 13 heavy (non-hydrogen) atoms. The van der Waals surface area contributed by atoms with E-state index in [1.807, 2.05) is 20.8 Å². The van der Waals surface area contributed by atoms with Crippen molar-refractivity contribution in [2.24, 2.45) is 0 Å². The molecule has 0 bridgehead atoms. The number of ketones is 1. The van der Waals surface area contributed by atoms with E-state index >= 15 is 0 Å². The van der Waals surface area contributed by atoms with Gasteiger partial charge in [0.15, 0.2) is 5.78 Å². The predicted octanol–water partition coefficient (Wildman–Crippen LogP) is 2.08. The highest BCUT2D eigenvalue weighted by Gasteiger charge is 2.10. The minimum Gasteiger partial charge on any atom is -0.292 e. The number of aryl methyl sites for hydroxylation is 2. The summed E-state index contributed by atoms with van der Waals surface area (Å²) in [7, 11) is 0. The Morgan fingerprint density at radius 2 is 2.15 bits per heavy atom. The van der Waals surface area contributed by atoms with Crippen molar-refractivity contribution in [1.82, 2.24) is 9.97 Å². The topological polar surface area (TPSA) is 42.9 Å². The lowest BCUT2D eigenvalue weighted by Gasteiger charge is -2.02. The minimum absolute atomic E-state index is 0.0903. The third kappa shape index (κ3) is 2.34. The molecule has 0 N–H and O–H groups in total. The number of carbonyl (C=O) groups excluding carboxylic acids is 1. The number of Topliss-reactive ketones (excluding diaryl/α,β-unsaturated/α-hetero) is 1. The highest BCUT2D eigenvalue weighted by atomic mass is 16.1. The van der Waals surface area contributed by atoms with E-state index < -0.39 is 0 Å². The molecule has 1 rings (SSSR count). The highest BCUT2D eigenvalue weighted by molar-refractivity contribution is 5.95. The summed E-state index contributed by atoms with van der Waals surface area (Å²) in [6.07, 6.45) is 3.04. The van der Waals surface area contributed by atoms with Crippen LogP contribution < -0.4 is 0 Å². The summed E-state index contributed by atoms with van der Waals surface area (Å²) >= 11 is 0. The normalized spacial score (nSPS) is 10.1. The first-order chi connectivity index (χ1) is 6.15. The van der Waals surface area contributed by atoms with Gasteiger partial charge in [-0.15, -0.1) is 0 Å². The predicted molar refractivity (Wildman–Crippen MR) is 50.7 cm³/mol. The van der Waals surface area contributed by atoms with Gasteiger partial charge >= 0.3 is 0 Å². The first kappa shape index (κ1) is 9.84. The van der Waals surface area contributed by atoms with Crippen molar-refractivity contribution in [2.75, 3.05) is 0 Å². The average Bonchev–Trinajstić information content (AvgIpc) is 2.04. The van der Waals surface area contributed by atoms with Gasteiger partial charge in [-0.2, -0.15) is 0 Å². The van der Waals surface area contributed by atoms with Crippen LogP contribution in [0, 0.1) is 13.8 Å². The third-order valence-electron chi connectivity index (χ3n) is 1.81. The van der Waals surface area contributed by atoms with Crippen LogP contribution in [0.25, 0.3) is 0 Å². The van der Waals surface area contributed by atoms with E-state index in [0.717, 1.165) is 17.8 Å². The maximum atomic E-state index is 11.5. The molecule has 0 atom stereocenters. The van der Waals surface area contributed by atoms with Gasteiger partial charge in [0, 0.05) is 12.6 Å². The molecule has 0 radical (unpaired) electrons. The fourth-order valence-corrected chi connectivity index (χ4v) is 1.22. The smallest absolute Gasteiger partial charge is 0.183 e. The molecule has 0 aliphatic carbocycles. The van der Waals surface area contributed by atoms with Crippen molar-refractivity contribution in [3.05, 3.63) is 23.3 Å². The van der Waals surface area contributed by atoms with E-state index in [1.165, 1.54) is 0 Å². The second-order valence-electron chi connectivity index (χ2n) is 3.12. The summed E-state index contributed by atoms with van der Waals surface area (Å²) in [5.41, 5.74) is 2.11. The average molecular weight is 178 g/mol. The van der Waals surface area contributed by atoms with Crippen molar-refractivity contribution < 1.29 is 4.79 Å². The quantitative estimate of drug-likeness (QED) is 0.665. The molecule has 70 valence electrons. The van der Waals surface area contributed by atoms with Crippen LogP contribution in [0.5, 0.6) is 0 Å². The Hall–Kier alpha value is -1.25. The maximum absolute atomic E-state index is 11.5. The van der Waals surface area contributed by atoms with Crippen LogP contribution in [0.15, 0.2) is 6.20 Å². The SMILES string of the molecule is CCCC(=O)c1ncc(C)nc1C. The zero-order valence-corrected chi connectivity index (χ0v) is 8.29. The van der Waals surface area contributed by atoms with Crippen molar-refractivity contribution in [2.45, 2.75) is 33.6 Å². The number of rotatable bonds is 3. The lowest BCUT2D eigenvalue weighted by molar-refractivity contribution is 0.0976. The van der Waals surface area contributed by atoms with Crippen LogP contribution in [-0.4, -0.2) is 15.8 Å². The second-order valence-corrected chi connectivity index (χ2v) is 3.12. The molecule has 0 amide bonds. The Kier molecular flexibility index (Phi) is 3.12. The summed E-state index contributed by atoms with van der Waals surface area (Å²) < 4.78 is 0. The molecule has 1 heterocycles. The lowest BCUT2D eigenvalue weighted by atomic mass is 10.1. The number of nitrogens with zero attached hydrogens (tertiary/aromatic N) is 2. The molecule has 0 aromatic carbocycles. The molecule has 0 aliphatic rings. The Balaban J connectivity index is 2.95. The first-order valence-corrected chi connectivity index (χ1v) is 4.48. The summed E-state index contributed by atoms with van der Waals surface area (Å²) in [5.74, 6) is 0.0903. The molecule has 0 spiro atoms. The number of carbonyl (C=O) groups is 1. The van der Waals surface area contributed by atoms with Gasteiger partial charge in [-0.25, -0.2) is 4.98 Å². The van der Waals surface area contributed by atoms with Gasteiger partial charge in [0.05, 0.1) is 11.4 Å². The second kappa shape index (κ2) is 4.12. The highest BCUT2D eigenvalue weighted by Crippen LogP contribution is 2.06. The molecule has 3 nitrogen and oxygen atoms in total. The molecule has 0 fully saturated rings. The van der Waals surface area contributed by atoms with Crippen LogP contribution in [0.2, 0.25) is 0 Å². The van der Waals surface area contributed by atoms with E-state index in [9.17, 15) is 4.79 Å². The number of hydrogen-bond acceptors (Lipinski definition) is 3. The largest absolute Gasteiger partial charge is 0.292 e. The molecule has 0 unspecified atom stereocenters. The molecule has 1 aromatic rings. The molecule has 3 heteroatoms. The number of aromatic nitrogens is 2. The molecular weight excluding hydrogens is 164 g/mol. The standard InChI is InChI=1S/C10H14N2O/c1-4-5-9(13)10-8(3)12-7(2)6-11-10/h6H,4-5H2,1-3H3. The van der Waals surface area contributed by atoms with Crippen molar-refractivity contribution >= 4 is 5.78 Å². The summed E-state index contributed by atoms with van der Waals surface area (Å²) in [5, 5.41) is 0. The van der Waals surface area contributed by atoms with Crippen molar-refractivity contribution in [3.63, 3.8) is 0 Å². The Bertz CT molecular complexity index is 321. The van der Waals surface area contributed by atoms with E-state index in [4.69, 9.17) is 0 Å². The van der Waals surface area contributed by atoms with Gasteiger partial charge in [0.2, 0.25) is 0 Å². The fraction of sp³-hybridized carbons (Fsp3) is 0.500. The van der Waals surface area contributed by atoms with E-state index in [1.54, 1.807) is 6.20 Å². The monoisotopic (exact) mass is 178 g/mol. The van der Waals surface area contributed by atoms with Crippen LogP contribution in [0.4, 0.5) is 0 Å². The molecule has 0 aliphatic heterocycles. The van der Waals surface area contributed by atoms with E-state index in [0.29, 0.717) is 12.1 Å². The number of hydrogen-bond donors (Lipinski definition) is 0. The first-order valence-electron chi connectivity index (χ1n) is 4.48. The molecule has 0 saturated heterocycles. The van der Waals surface area contributed by atoms with Gasteiger partial charge in [-0.05, 0) is 20.3 Å². The van der Waals surface area contributed by atoms with Gasteiger partial charge < -0.3 is 0 Å². The fourth-order valence-electron chi connectivity index (χ4n) is 1.22. The summed E-state index contributed by atoms with van der Waals surface area (Å²) in [6, 6.07) is 0. The van der Waals surface area contributed by atoms with Gasteiger partial charge in [0.1, 0.15) is 5.69 Å². The van der Waals surface area contributed by atoms with Crippen LogP contribution in [0.3, 0.4) is 0 Å². The van der Waals surface area contributed by atoms with Crippen molar-refractivity contribution in [1.29, 1.82) is 0 Å². The molecule has 1 aromatic heterocycles. The summed E-state index contributed by atoms with van der Waals surface area (Å²) in [6.45, 7) is 5.67. The Labute approximate surface area is 78.2 Å². The van der Waals surface area contributed by atoms with Crippen molar-refractivity contribution in [3.8, 4) is 0 Å².